The lowest BCUT2D eigenvalue weighted by molar-refractivity contribution is 0.672. The van der Waals surface area contributed by atoms with E-state index in [4.69, 9.17) is 8.83 Å². The van der Waals surface area contributed by atoms with E-state index in [0.29, 0.717) is 0 Å². The highest BCUT2D eigenvalue weighted by Crippen LogP contribution is 2.47. The predicted molar refractivity (Wildman–Crippen MR) is 295 cm³/mol. The van der Waals surface area contributed by atoms with Crippen molar-refractivity contribution in [3.05, 3.63) is 237 Å². The van der Waals surface area contributed by atoms with Gasteiger partial charge in [-0.05, 0) is 132 Å². The van der Waals surface area contributed by atoms with Crippen LogP contribution in [0.5, 0.6) is 0 Å². The van der Waals surface area contributed by atoms with E-state index in [1.807, 2.05) is 6.07 Å². The highest BCUT2D eigenvalue weighted by Gasteiger charge is 2.24. The third kappa shape index (κ3) is 5.40. The minimum Gasteiger partial charge on any atom is -0.455 e. The molecule has 0 atom stereocenters. The van der Waals surface area contributed by atoms with E-state index in [-0.39, 0.29) is 0 Å². The molecule has 0 radical (unpaired) electrons. The van der Waals surface area contributed by atoms with Gasteiger partial charge in [0, 0.05) is 65.7 Å². The molecule has 16 rings (SSSR count). The Balaban J connectivity index is 1.02. The Labute approximate surface area is 405 Å². The van der Waals surface area contributed by atoms with Crippen molar-refractivity contribution in [1.82, 2.24) is 13.7 Å². The van der Waals surface area contributed by atoms with Gasteiger partial charge in [0.15, 0.2) is 0 Å². The first kappa shape index (κ1) is 38.4. The number of fused-ring (bicyclic) bond motifs is 17. The lowest BCUT2D eigenvalue weighted by Gasteiger charge is -2.14. The standard InChI is InChI=1S/C66H39N3O2/c1-4-16-43(17-5-1)67-56-32-28-40(36-53(56)62-58(67)34-30-49-47-23-11-14-26-60(47)70-65(49)62)42-38-51(64-52(39-42)46-22-10-13-25-55(46)69(64)45-20-8-3-9-21-45)41-29-33-57-54(37-41)63-59(68(57)44-18-6-2-7-19-44)35-31-50-48-24-12-15-27-61(48)71-66(50)63/h1-39H. The van der Waals surface area contributed by atoms with Crippen LogP contribution in [0.1, 0.15) is 0 Å². The maximum absolute atomic E-state index is 6.85. The van der Waals surface area contributed by atoms with Gasteiger partial charge in [-0.2, -0.15) is 0 Å². The van der Waals surface area contributed by atoms with E-state index in [1.54, 1.807) is 0 Å². The van der Waals surface area contributed by atoms with Crippen molar-refractivity contribution in [2.24, 2.45) is 0 Å². The molecule has 0 saturated carbocycles. The van der Waals surface area contributed by atoms with Crippen LogP contribution in [0.3, 0.4) is 0 Å². The molecule has 0 N–H and O–H groups in total. The summed E-state index contributed by atoms with van der Waals surface area (Å²) in [6, 6.07) is 85.6. The zero-order chi connectivity index (χ0) is 46.3. The molecule has 5 nitrogen and oxygen atoms in total. The van der Waals surface area contributed by atoms with Crippen molar-refractivity contribution < 1.29 is 8.83 Å². The summed E-state index contributed by atoms with van der Waals surface area (Å²) in [5.74, 6) is 0. The number of furan rings is 2. The summed E-state index contributed by atoms with van der Waals surface area (Å²) in [5.41, 5.74) is 18.2. The van der Waals surface area contributed by atoms with Gasteiger partial charge in [-0.25, -0.2) is 0 Å². The SMILES string of the molecule is c1ccc(-n2c3ccc(-c4cc(-c5ccc6c(c5)c5c7oc8ccccc8c7ccc5n6-c5ccccc5)c5c(c4)c4ccccc4n5-c4ccccc4)cc3c3c4oc5ccccc5c4ccc32)cc1. The summed E-state index contributed by atoms with van der Waals surface area (Å²) < 4.78 is 20.9. The first-order valence-corrected chi connectivity index (χ1v) is 24.2. The zero-order valence-corrected chi connectivity index (χ0v) is 38.2. The first-order valence-electron chi connectivity index (χ1n) is 24.2. The molecule has 0 unspecified atom stereocenters. The van der Waals surface area contributed by atoms with E-state index >= 15 is 0 Å². The van der Waals surface area contributed by atoms with Crippen molar-refractivity contribution in [3.63, 3.8) is 0 Å². The molecule has 0 saturated heterocycles. The van der Waals surface area contributed by atoms with Gasteiger partial charge in [0.25, 0.3) is 0 Å². The third-order valence-corrected chi connectivity index (χ3v) is 15.0. The molecule has 0 bridgehead atoms. The predicted octanol–water partition coefficient (Wildman–Crippen LogP) is 18.1. The van der Waals surface area contributed by atoms with Crippen molar-refractivity contribution in [2.45, 2.75) is 0 Å². The molecule has 5 heterocycles. The van der Waals surface area contributed by atoms with Crippen LogP contribution in [0.15, 0.2) is 245 Å². The van der Waals surface area contributed by atoms with Gasteiger partial charge in [-0.1, -0.05) is 121 Å². The molecule has 11 aromatic carbocycles. The number of benzene rings is 11. The van der Waals surface area contributed by atoms with Crippen molar-refractivity contribution in [2.75, 3.05) is 0 Å². The van der Waals surface area contributed by atoms with Crippen LogP contribution in [-0.4, -0.2) is 13.7 Å². The summed E-state index contributed by atoms with van der Waals surface area (Å²) >= 11 is 0. The number of aromatic nitrogens is 3. The van der Waals surface area contributed by atoms with Gasteiger partial charge in [-0.15, -0.1) is 0 Å². The Bertz CT molecular complexity index is 4860. The number of para-hydroxylation sites is 6. The first-order chi connectivity index (χ1) is 35.2. The largest absolute Gasteiger partial charge is 0.455 e. The minimum atomic E-state index is 0.887. The van der Waals surface area contributed by atoms with Crippen molar-refractivity contribution >= 4 is 109 Å². The highest BCUT2D eigenvalue weighted by atomic mass is 16.3. The van der Waals surface area contributed by atoms with Crippen LogP contribution in [0.4, 0.5) is 0 Å². The Hall–Kier alpha value is -9.58. The maximum atomic E-state index is 6.85. The van der Waals surface area contributed by atoms with Crippen LogP contribution in [0, 0.1) is 0 Å². The Morgan fingerprint density at radius 3 is 1.24 bits per heavy atom. The smallest absolute Gasteiger partial charge is 0.145 e. The quantitative estimate of drug-likeness (QED) is 0.173. The fourth-order valence-corrected chi connectivity index (χ4v) is 12.0. The van der Waals surface area contributed by atoms with E-state index in [1.165, 1.54) is 10.8 Å². The molecule has 0 spiro atoms. The lowest BCUT2D eigenvalue weighted by Crippen LogP contribution is -1.96. The maximum Gasteiger partial charge on any atom is 0.145 e. The summed E-state index contributed by atoms with van der Waals surface area (Å²) in [6.07, 6.45) is 0. The van der Waals surface area contributed by atoms with Gasteiger partial charge in [0.2, 0.25) is 0 Å². The monoisotopic (exact) mass is 905 g/mol. The molecule has 0 aliphatic carbocycles. The second kappa shape index (κ2) is 14.5. The molecule has 0 fully saturated rings. The molecule has 5 aromatic heterocycles. The van der Waals surface area contributed by atoms with Crippen LogP contribution >= 0.6 is 0 Å². The van der Waals surface area contributed by atoms with Gasteiger partial charge in [0.05, 0.1) is 43.9 Å². The van der Waals surface area contributed by atoms with Gasteiger partial charge >= 0.3 is 0 Å². The second-order valence-electron chi connectivity index (χ2n) is 18.8. The van der Waals surface area contributed by atoms with Gasteiger partial charge in [0.1, 0.15) is 22.3 Å². The molecular formula is C66H39N3O2. The summed E-state index contributed by atoms with van der Waals surface area (Å²) in [7, 11) is 0. The Morgan fingerprint density at radius 2 is 0.676 bits per heavy atom. The van der Waals surface area contributed by atoms with E-state index in [9.17, 15) is 0 Å². The van der Waals surface area contributed by atoms with E-state index in [2.05, 4.69) is 244 Å². The number of rotatable bonds is 5. The zero-order valence-electron chi connectivity index (χ0n) is 38.2. The van der Waals surface area contributed by atoms with Crippen LogP contribution in [0.25, 0.3) is 149 Å². The van der Waals surface area contributed by atoms with Gasteiger partial charge in [-0.3, -0.25) is 0 Å². The molecule has 330 valence electrons. The molecule has 5 heteroatoms. The third-order valence-electron chi connectivity index (χ3n) is 15.0. The fraction of sp³-hybridized carbons (Fsp3) is 0. The molecular weight excluding hydrogens is 867 g/mol. The molecule has 0 aliphatic rings. The van der Waals surface area contributed by atoms with E-state index in [0.717, 1.165) is 138 Å². The van der Waals surface area contributed by atoms with Crippen LogP contribution < -0.4 is 0 Å². The summed E-state index contributed by atoms with van der Waals surface area (Å²) in [5, 5.41) is 11.4. The minimum absolute atomic E-state index is 0.887. The molecule has 71 heavy (non-hydrogen) atoms. The fourth-order valence-electron chi connectivity index (χ4n) is 12.0. The average Bonchev–Trinajstić information content (AvgIpc) is 4.25. The average molecular weight is 906 g/mol. The normalized spacial score (nSPS) is 12.2. The summed E-state index contributed by atoms with van der Waals surface area (Å²) in [4.78, 5) is 0. The Kier molecular flexibility index (Phi) is 7.82. The Morgan fingerprint density at radius 1 is 0.254 bits per heavy atom. The van der Waals surface area contributed by atoms with Crippen LogP contribution in [-0.2, 0) is 0 Å². The molecule has 16 aromatic rings. The molecule has 0 amide bonds. The van der Waals surface area contributed by atoms with Crippen molar-refractivity contribution in [1.29, 1.82) is 0 Å². The van der Waals surface area contributed by atoms with Crippen molar-refractivity contribution in [3.8, 4) is 39.3 Å². The highest BCUT2D eigenvalue weighted by molar-refractivity contribution is 6.26. The van der Waals surface area contributed by atoms with E-state index < -0.39 is 0 Å². The topological polar surface area (TPSA) is 41.1 Å². The number of hydrogen-bond acceptors (Lipinski definition) is 2. The number of hydrogen-bond donors (Lipinski definition) is 0. The van der Waals surface area contributed by atoms with Gasteiger partial charge < -0.3 is 22.5 Å². The lowest BCUT2D eigenvalue weighted by atomic mass is 9.93. The molecule has 0 aliphatic heterocycles. The number of nitrogens with zero attached hydrogens (tertiary/aromatic N) is 3. The second-order valence-corrected chi connectivity index (χ2v) is 18.8. The van der Waals surface area contributed by atoms with Crippen LogP contribution in [0.2, 0.25) is 0 Å². The summed E-state index contributed by atoms with van der Waals surface area (Å²) in [6.45, 7) is 0.